The molecule has 1 N–H and O–H groups in total. The van der Waals surface area contributed by atoms with Crippen molar-refractivity contribution in [3.63, 3.8) is 0 Å². The second-order valence-electron chi connectivity index (χ2n) is 6.79. The zero-order valence-corrected chi connectivity index (χ0v) is 17.6. The number of amides is 1. The molecule has 2 aromatic carbocycles. The lowest BCUT2D eigenvalue weighted by molar-refractivity contribution is 0.0679. The maximum absolute atomic E-state index is 12.8. The Labute approximate surface area is 179 Å². The zero-order valence-electron chi connectivity index (χ0n) is 16.0. The Balaban J connectivity index is 1.35. The molecule has 6 heteroatoms. The molecule has 1 fully saturated rings. The summed E-state index contributed by atoms with van der Waals surface area (Å²) in [5.41, 5.74) is 1.44. The lowest BCUT2D eigenvalue weighted by Gasteiger charge is -2.12. The number of benzene rings is 2. The number of thiophene rings is 1. The van der Waals surface area contributed by atoms with Crippen LogP contribution in [0.3, 0.4) is 0 Å². The predicted molar refractivity (Wildman–Crippen MR) is 119 cm³/mol. The summed E-state index contributed by atoms with van der Waals surface area (Å²) in [6.45, 7) is 1.40. The number of nitrogens with one attached hydrogen (secondary N) is 1. The SMILES string of the molecule is O=C(Nc1ccc(OCC2CCCO2)cc1)c1ccccc1SCc1cccs1. The summed E-state index contributed by atoms with van der Waals surface area (Å²) >= 11 is 3.41. The fraction of sp³-hybridized carbons (Fsp3) is 0.261. The molecular formula is C23H23NO3S2. The van der Waals surface area contributed by atoms with Gasteiger partial charge in [-0.15, -0.1) is 23.1 Å². The Morgan fingerprint density at radius 2 is 2.00 bits per heavy atom. The number of thioether (sulfide) groups is 1. The Kier molecular flexibility index (Phi) is 6.87. The van der Waals surface area contributed by atoms with Crippen LogP contribution in [0.2, 0.25) is 0 Å². The molecule has 0 aliphatic carbocycles. The summed E-state index contributed by atoms with van der Waals surface area (Å²) in [6, 6.07) is 19.4. The van der Waals surface area contributed by atoms with Crippen LogP contribution in [0.25, 0.3) is 0 Å². The first-order valence-corrected chi connectivity index (χ1v) is 11.5. The Morgan fingerprint density at radius 1 is 1.14 bits per heavy atom. The molecule has 3 aromatic rings. The van der Waals surface area contributed by atoms with Crippen LogP contribution in [0.15, 0.2) is 70.9 Å². The number of ether oxygens (including phenoxy) is 2. The first-order chi connectivity index (χ1) is 14.3. The van der Waals surface area contributed by atoms with Crippen LogP contribution in [0.5, 0.6) is 5.75 Å². The van der Waals surface area contributed by atoms with E-state index in [1.54, 1.807) is 23.1 Å². The second kappa shape index (κ2) is 9.96. The third-order valence-electron chi connectivity index (χ3n) is 4.65. The highest BCUT2D eigenvalue weighted by molar-refractivity contribution is 7.98. The van der Waals surface area contributed by atoms with Crippen LogP contribution in [0.1, 0.15) is 28.1 Å². The Morgan fingerprint density at radius 3 is 2.76 bits per heavy atom. The van der Waals surface area contributed by atoms with Gasteiger partial charge in [-0.2, -0.15) is 0 Å². The van der Waals surface area contributed by atoms with E-state index in [1.807, 2.05) is 54.6 Å². The van der Waals surface area contributed by atoms with Crippen molar-refractivity contribution >= 4 is 34.7 Å². The smallest absolute Gasteiger partial charge is 0.256 e. The molecular weight excluding hydrogens is 402 g/mol. The van der Waals surface area contributed by atoms with E-state index in [1.165, 1.54) is 4.88 Å². The van der Waals surface area contributed by atoms with Gasteiger partial charge >= 0.3 is 0 Å². The highest BCUT2D eigenvalue weighted by Gasteiger charge is 2.16. The van der Waals surface area contributed by atoms with Gasteiger partial charge in [0.2, 0.25) is 0 Å². The molecule has 0 bridgehead atoms. The largest absolute Gasteiger partial charge is 0.491 e. The van der Waals surface area contributed by atoms with Crippen LogP contribution in [-0.4, -0.2) is 25.2 Å². The average Bonchev–Trinajstić information content (AvgIpc) is 3.46. The van der Waals surface area contributed by atoms with Crippen LogP contribution in [0.4, 0.5) is 5.69 Å². The molecule has 0 radical (unpaired) electrons. The van der Waals surface area contributed by atoms with Crippen molar-refractivity contribution in [1.29, 1.82) is 0 Å². The number of carbonyl (C=O) groups excluding carboxylic acids is 1. The average molecular weight is 426 g/mol. The maximum atomic E-state index is 12.8. The molecule has 1 amide bonds. The summed E-state index contributed by atoms with van der Waals surface area (Å²) < 4.78 is 11.4. The van der Waals surface area contributed by atoms with Crippen LogP contribution in [0, 0.1) is 0 Å². The fourth-order valence-electron chi connectivity index (χ4n) is 3.12. The number of hydrogen-bond acceptors (Lipinski definition) is 5. The van der Waals surface area contributed by atoms with Crippen molar-refractivity contribution in [2.45, 2.75) is 29.6 Å². The molecule has 0 saturated carbocycles. The molecule has 1 atom stereocenters. The molecule has 1 saturated heterocycles. The predicted octanol–water partition coefficient (Wildman–Crippen LogP) is 5.85. The molecule has 4 nitrogen and oxygen atoms in total. The molecule has 1 aromatic heterocycles. The first-order valence-electron chi connectivity index (χ1n) is 9.68. The summed E-state index contributed by atoms with van der Waals surface area (Å²) in [6.07, 6.45) is 2.35. The number of rotatable bonds is 8. The van der Waals surface area contributed by atoms with Gasteiger partial charge < -0.3 is 14.8 Å². The van der Waals surface area contributed by atoms with Gasteiger partial charge in [0.25, 0.3) is 5.91 Å². The van der Waals surface area contributed by atoms with Crippen molar-refractivity contribution in [1.82, 2.24) is 0 Å². The van der Waals surface area contributed by atoms with Crippen molar-refractivity contribution in [2.75, 3.05) is 18.5 Å². The van der Waals surface area contributed by atoms with E-state index in [2.05, 4.69) is 16.8 Å². The summed E-state index contributed by atoms with van der Waals surface area (Å²) in [4.78, 5) is 15.1. The van der Waals surface area contributed by atoms with Crippen LogP contribution < -0.4 is 10.1 Å². The van der Waals surface area contributed by atoms with Crippen molar-refractivity contribution < 1.29 is 14.3 Å². The molecule has 1 unspecified atom stereocenters. The standard InChI is InChI=1S/C23H23NO3S2/c25-23(21-7-1-2-8-22(21)29-16-20-6-4-14-28-20)24-17-9-11-18(12-10-17)27-15-19-5-3-13-26-19/h1-2,4,6-12,14,19H,3,5,13,15-16H2,(H,24,25). The van der Waals surface area contributed by atoms with Gasteiger partial charge in [-0.1, -0.05) is 18.2 Å². The molecule has 0 spiro atoms. The zero-order chi connectivity index (χ0) is 19.9. The third kappa shape index (κ3) is 5.63. The minimum Gasteiger partial charge on any atom is -0.491 e. The Bertz CT molecular complexity index is 920. The number of hydrogen-bond donors (Lipinski definition) is 1. The van der Waals surface area contributed by atoms with Gasteiger partial charge in [-0.25, -0.2) is 0 Å². The molecule has 2 heterocycles. The minimum atomic E-state index is -0.104. The summed E-state index contributed by atoms with van der Waals surface area (Å²) in [5.74, 6) is 1.54. The lowest BCUT2D eigenvalue weighted by atomic mass is 10.2. The van der Waals surface area contributed by atoms with E-state index >= 15 is 0 Å². The van der Waals surface area contributed by atoms with Gasteiger partial charge in [0.15, 0.2) is 0 Å². The van der Waals surface area contributed by atoms with Gasteiger partial charge in [0, 0.05) is 27.8 Å². The van der Waals surface area contributed by atoms with Crippen LogP contribution in [-0.2, 0) is 10.5 Å². The summed E-state index contributed by atoms with van der Waals surface area (Å²) in [5, 5.41) is 5.06. The first kappa shape index (κ1) is 20.0. The van der Waals surface area contributed by atoms with E-state index in [4.69, 9.17) is 9.47 Å². The normalized spacial score (nSPS) is 15.9. The fourth-order valence-corrected chi connectivity index (χ4v) is 4.94. The quantitative estimate of drug-likeness (QED) is 0.460. The molecule has 1 aliphatic heterocycles. The molecule has 1 aliphatic rings. The second-order valence-corrected chi connectivity index (χ2v) is 8.84. The van der Waals surface area contributed by atoms with Gasteiger partial charge in [0.05, 0.1) is 11.7 Å². The number of anilines is 1. The lowest BCUT2D eigenvalue weighted by Crippen LogP contribution is -2.16. The van der Waals surface area contributed by atoms with E-state index in [-0.39, 0.29) is 12.0 Å². The monoisotopic (exact) mass is 425 g/mol. The third-order valence-corrected chi connectivity index (χ3v) is 6.84. The van der Waals surface area contributed by atoms with Crippen molar-refractivity contribution in [3.05, 3.63) is 76.5 Å². The van der Waals surface area contributed by atoms with Gasteiger partial charge in [-0.3, -0.25) is 4.79 Å². The topological polar surface area (TPSA) is 47.6 Å². The molecule has 150 valence electrons. The van der Waals surface area contributed by atoms with Crippen LogP contribution >= 0.6 is 23.1 Å². The minimum absolute atomic E-state index is 0.104. The molecule has 29 heavy (non-hydrogen) atoms. The van der Waals surface area contributed by atoms with E-state index in [0.29, 0.717) is 12.2 Å². The Hall–Kier alpha value is -2.28. The van der Waals surface area contributed by atoms with E-state index in [9.17, 15) is 4.79 Å². The van der Waals surface area contributed by atoms with Crippen molar-refractivity contribution in [2.24, 2.45) is 0 Å². The molecule has 4 rings (SSSR count). The number of carbonyl (C=O) groups is 1. The highest BCUT2D eigenvalue weighted by atomic mass is 32.2. The van der Waals surface area contributed by atoms with E-state index < -0.39 is 0 Å². The summed E-state index contributed by atoms with van der Waals surface area (Å²) in [7, 11) is 0. The maximum Gasteiger partial charge on any atom is 0.256 e. The highest BCUT2D eigenvalue weighted by Crippen LogP contribution is 2.28. The van der Waals surface area contributed by atoms with E-state index in [0.717, 1.165) is 41.5 Å². The van der Waals surface area contributed by atoms with Crippen molar-refractivity contribution in [3.8, 4) is 5.75 Å². The van der Waals surface area contributed by atoms with Gasteiger partial charge in [0.1, 0.15) is 12.4 Å². The van der Waals surface area contributed by atoms with Gasteiger partial charge in [-0.05, 0) is 60.7 Å².